The number of aromatic nitrogens is 2. The fourth-order valence-electron chi connectivity index (χ4n) is 1.40. The third kappa shape index (κ3) is 5.19. The van der Waals surface area contributed by atoms with Crippen molar-refractivity contribution in [3.05, 3.63) is 29.6 Å². The molecule has 1 aromatic heterocycles. The van der Waals surface area contributed by atoms with Gasteiger partial charge in [0.2, 0.25) is 0 Å². The van der Waals surface area contributed by atoms with Crippen molar-refractivity contribution >= 4 is 5.96 Å². The molecule has 0 radical (unpaired) electrons. The number of nitrogens with one attached hydrogen (secondary N) is 2. The van der Waals surface area contributed by atoms with Gasteiger partial charge in [-0.3, -0.25) is 5.10 Å². The van der Waals surface area contributed by atoms with Crippen molar-refractivity contribution in [1.82, 2.24) is 15.5 Å². The lowest BCUT2D eigenvalue weighted by Crippen LogP contribution is -2.32. The predicted octanol–water partition coefficient (Wildman–Crippen LogP) is 1.13. The Hall–Kier alpha value is -1.78. The zero-order valence-corrected chi connectivity index (χ0v) is 10.6. The Morgan fingerprint density at radius 2 is 2.41 bits per heavy atom. The highest BCUT2D eigenvalue weighted by Crippen LogP contribution is 2.04. The number of nitrogens with zero attached hydrogens (tertiary/aromatic N) is 2. The van der Waals surface area contributed by atoms with Crippen LogP contribution in [0.3, 0.4) is 0 Å². The first-order chi connectivity index (χ1) is 8.09. The summed E-state index contributed by atoms with van der Waals surface area (Å²) in [7, 11) is 0. The summed E-state index contributed by atoms with van der Waals surface area (Å²) < 4.78 is 0. The Kier molecular flexibility index (Phi) is 5.26. The van der Waals surface area contributed by atoms with E-state index in [4.69, 9.17) is 5.73 Å². The van der Waals surface area contributed by atoms with Gasteiger partial charge in [0.15, 0.2) is 5.96 Å². The molecule has 5 heteroatoms. The van der Waals surface area contributed by atoms with Gasteiger partial charge < -0.3 is 11.1 Å². The Bertz CT molecular complexity index is 391. The molecule has 0 amide bonds. The number of guanidine groups is 1. The van der Waals surface area contributed by atoms with Crippen LogP contribution in [0.2, 0.25) is 0 Å². The average Bonchev–Trinajstić information content (AvgIpc) is 2.68. The summed E-state index contributed by atoms with van der Waals surface area (Å²) in [5, 5.41) is 9.98. The van der Waals surface area contributed by atoms with Gasteiger partial charge in [0, 0.05) is 12.2 Å². The van der Waals surface area contributed by atoms with Crippen molar-refractivity contribution in [2.24, 2.45) is 10.7 Å². The van der Waals surface area contributed by atoms with Crippen LogP contribution in [-0.4, -0.2) is 29.2 Å². The van der Waals surface area contributed by atoms with Crippen molar-refractivity contribution in [2.45, 2.75) is 26.7 Å². The van der Waals surface area contributed by atoms with Crippen molar-refractivity contribution in [3.8, 4) is 0 Å². The smallest absolute Gasteiger partial charge is 0.188 e. The molecule has 0 spiro atoms. The lowest BCUT2D eigenvalue weighted by molar-refractivity contribution is 0.764. The van der Waals surface area contributed by atoms with Gasteiger partial charge in [-0.2, -0.15) is 5.10 Å². The Balaban J connectivity index is 2.18. The summed E-state index contributed by atoms with van der Waals surface area (Å²) >= 11 is 0. The van der Waals surface area contributed by atoms with Crippen LogP contribution in [0.25, 0.3) is 0 Å². The Morgan fingerprint density at radius 3 is 3.00 bits per heavy atom. The van der Waals surface area contributed by atoms with E-state index in [1.54, 1.807) is 0 Å². The minimum atomic E-state index is 0.483. The fraction of sp³-hybridized carbons (Fsp3) is 0.500. The standard InChI is InChI=1S/C12H21N5/c1-9(2)7-15-12(13)14-6-4-5-11-8-16-17-10(11)3/h8H,1,4-7H2,2-3H3,(H,16,17)(H3,13,14,15). The third-order valence-electron chi connectivity index (χ3n) is 2.38. The van der Waals surface area contributed by atoms with Gasteiger partial charge in [0.25, 0.3) is 0 Å². The van der Waals surface area contributed by atoms with Crippen molar-refractivity contribution in [3.63, 3.8) is 0 Å². The topological polar surface area (TPSA) is 79.1 Å². The number of aliphatic imine (C=N–C) groups is 1. The van der Waals surface area contributed by atoms with Crippen LogP contribution in [0.15, 0.2) is 23.3 Å². The maximum absolute atomic E-state index is 5.69. The molecule has 0 saturated heterocycles. The number of hydrogen-bond acceptors (Lipinski definition) is 2. The highest BCUT2D eigenvalue weighted by molar-refractivity contribution is 5.77. The second-order valence-electron chi connectivity index (χ2n) is 4.21. The lowest BCUT2D eigenvalue weighted by atomic mass is 10.1. The molecule has 0 atom stereocenters. The van der Waals surface area contributed by atoms with Gasteiger partial charge in [-0.25, -0.2) is 4.99 Å². The summed E-state index contributed by atoms with van der Waals surface area (Å²) in [6, 6.07) is 0. The van der Waals surface area contributed by atoms with Crippen LogP contribution in [0.4, 0.5) is 0 Å². The van der Waals surface area contributed by atoms with E-state index in [9.17, 15) is 0 Å². The molecular formula is C12H21N5. The Labute approximate surface area is 102 Å². The normalized spacial score (nSPS) is 11.5. The molecule has 1 rings (SSSR count). The zero-order valence-electron chi connectivity index (χ0n) is 10.6. The molecular weight excluding hydrogens is 214 g/mol. The molecule has 0 unspecified atom stereocenters. The molecule has 94 valence electrons. The van der Waals surface area contributed by atoms with Crippen LogP contribution in [0.5, 0.6) is 0 Å². The van der Waals surface area contributed by atoms with Gasteiger partial charge in [-0.05, 0) is 32.3 Å². The lowest BCUT2D eigenvalue weighted by Gasteiger charge is -2.05. The minimum Gasteiger partial charge on any atom is -0.370 e. The van der Waals surface area contributed by atoms with Crippen molar-refractivity contribution in [1.29, 1.82) is 0 Å². The van der Waals surface area contributed by atoms with Crippen LogP contribution < -0.4 is 11.1 Å². The molecule has 1 heterocycles. The molecule has 0 fully saturated rings. The predicted molar refractivity (Wildman–Crippen MR) is 71.0 cm³/mol. The number of H-pyrrole nitrogens is 1. The van der Waals surface area contributed by atoms with Gasteiger partial charge >= 0.3 is 0 Å². The monoisotopic (exact) mass is 235 g/mol. The third-order valence-corrected chi connectivity index (χ3v) is 2.38. The average molecular weight is 235 g/mol. The van der Waals surface area contributed by atoms with Gasteiger partial charge in [-0.1, -0.05) is 12.2 Å². The van der Waals surface area contributed by atoms with E-state index in [0.717, 1.165) is 30.7 Å². The van der Waals surface area contributed by atoms with E-state index in [1.165, 1.54) is 5.56 Å². The second kappa shape index (κ2) is 6.73. The van der Waals surface area contributed by atoms with Crippen LogP contribution in [0, 0.1) is 6.92 Å². The molecule has 0 saturated carbocycles. The van der Waals surface area contributed by atoms with Crippen LogP contribution >= 0.6 is 0 Å². The van der Waals surface area contributed by atoms with Gasteiger partial charge in [-0.15, -0.1) is 0 Å². The number of nitrogens with two attached hydrogens (primary N) is 1. The number of aryl methyl sites for hydroxylation is 2. The Morgan fingerprint density at radius 1 is 1.65 bits per heavy atom. The molecule has 5 nitrogen and oxygen atoms in total. The van der Waals surface area contributed by atoms with E-state index in [-0.39, 0.29) is 0 Å². The molecule has 17 heavy (non-hydrogen) atoms. The number of rotatable bonds is 6. The summed E-state index contributed by atoms with van der Waals surface area (Å²) in [5.74, 6) is 0.483. The summed E-state index contributed by atoms with van der Waals surface area (Å²) in [6.07, 6.45) is 3.86. The van der Waals surface area contributed by atoms with Gasteiger partial charge in [0.05, 0.1) is 12.7 Å². The van der Waals surface area contributed by atoms with Crippen molar-refractivity contribution < 1.29 is 0 Å². The molecule has 0 bridgehead atoms. The maximum Gasteiger partial charge on any atom is 0.188 e. The highest BCUT2D eigenvalue weighted by Gasteiger charge is 1.99. The molecule has 0 aliphatic carbocycles. The first-order valence-electron chi connectivity index (χ1n) is 5.76. The van der Waals surface area contributed by atoms with Gasteiger partial charge in [0.1, 0.15) is 0 Å². The first-order valence-corrected chi connectivity index (χ1v) is 5.76. The number of aromatic amines is 1. The minimum absolute atomic E-state index is 0.483. The molecule has 0 aliphatic rings. The second-order valence-corrected chi connectivity index (χ2v) is 4.21. The SMILES string of the molecule is C=C(C)CN=C(N)NCCCc1cn[nH]c1C. The van der Waals surface area contributed by atoms with E-state index in [2.05, 4.69) is 27.1 Å². The summed E-state index contributed by atoms with van der Waals surface area (Å²) in [4.78, 5) is 4.14. The largest absolute Gasteiger partial charge is 0.370 e. The first kappa shape index (κ1) is 13.3. The van der Waals surface area contributed by atoms with E-state index < -0.39 is 0 Å². The maximum atomic E-state index is 5.69. The van der Waals surface area contributed by atoms with E-state index >= 15 is 0 Å². The van der Waals surface area contributed by atoms with E-state index in [1.807, 2.05) is 20.0 Å². The quantitative estimate of drug-likeness (QED) is 0.299. The highest BCUT2D eigenvalue weighted by atomic mass is 15.1. The summed E-state index contributed by atoms with van der Waals surface area (Å²) in [5.41, 5.74) is 9.08. The fourth-order valence-corrected chi connectivity index (χ4v) is 1.40. The molecule has 4 N–H and O–H groups in total. The number of hydrogen-bond donors (Lipinski definition) is 3. The van der Waals surface area contributed by atoms with E-state index in [0.29, 0.717) is 12.5 Å². The molecule has 0 aromatic carbocycles. The molecule has 0 aliphatic heterocycles. The zero-order chi connectivity index (χ0) is 12.7. The summed E-state index contributed by atoms with van der Waals surface area (Å²) in [6.45, 7) is 9.12. The molecule has 1 aromatic rings. The van der Waals surface area contributed by atoms with Crippen molar-refractivity contribution in [2.75, 3.05) is 13.1 Å². The van der Waals surface area contributed by atoms with Crippen LogP contribution in [0.1, 0.15) is 24.6 Å². The van der Waals surface area contributed by atoms with Crippen LogP contribution in [-0.2, 0) is 6.42 Å².